The molecular weight excluding hydrogens is 478 g/mol. The summed E-state index contributed by atoms with van der Waals surface area (Å²) in [6.45, 7) is 17.3. The Morgan fingerprint density at radius 1 is 0.921 bits per heavy atom. The molecule has 38 heavy (non-hydrogen) atoms. The lowest BCUT2D eigenvalue weighted by molar-refractivity contribution is -0.143. The molecule has 2 aromatic rings. The summed E-state index contributed by atoms with van der Waals surface area (Å²) in [6, 6.07) is 13.5. The van der Waals surface area contributed by atoms with Crippen LogP contribution in [0.3, 0.4) is 0 Å². The standard InChI is InChI=1S/C31H45N3O4/c1-10-19-34(26(27(35)33-30(4,5)6)24-18-14-15-21(2)22(24)3)28(36)25(20-23-16-12-11-13-17-23)32-29(37)38-31(7,8)9/h11-18,25-26H,10,19-20H2,1-9H3,(H,32,37)(H,33,35). The molecule has 0 bridgehead atoms. The van der Waals surface area contributed by atoms with E-state index >= 15 is 0 Å². The van der Waals surface area contributed by atoms with Crippen LogP contribution in [0.5, 0.6) is 0 Å². The van der Waals surface area contributed by atoms with Crippen LogP contribution in [0.25, 0.3) is 0 Å². The average molecular weight is 524 g/mol. The highest BCUT2D eigenvalue weighted by atomic mass is 16.6. The van der Waals surface area contributed by atoms with Gasteiger partial charge in [-0.15, -0.1) is 0 Å². The van der Waals surface area contributed by atoms with E-state index in [9.17, 15) is 14.4 Å². The van der Waals surface area contributed by atoms with Crippen molar-refractivity contribution in [3.8, 4) is 0 Å². The van der Waals surface area contributed by atoms with Crippen LogP contribution >= 0.6 is 0 Å². The average Bonchev–Trinajstić information content (AvgIpc) is 2.79. The van der Waals surface area contributed by atoms with E-state index in [4.69, 9.17) is 4.74 Å². The van der Waals surface area contributed by atoms with Crippen molar-refractivity contribution in [1.29, 1.82) is 0 Å². The van der Waals surface area contributed by atoms with Gasteiger partial charge < -0.3 is 20.3 Å². The van der Waals surface area contributed by atoms with Crippen molar-refractivity contribution >= 4 is 17.9 Å². The number of nitrogens with zero attached hydrogens (tertiary/aromatic N) is 1. The molecular formula is C31H45N3O4. The lowest BCUT2D eigenvalue weighted by Crippen LogP contribution is -2.55. The van der Waals surface area contributed by atoms with Crippen molar-refractivity contribution in [2.45, 2.75) is 98.4 Å². The summed E-state index contributed by atoms with van der Waals surface area (Å²) in [6.07, 6.45) is 0.227. The van der Waals surface area contributed by atoms with Crippen molar-refractivity contribution < 1.29 is 19.1 Å². The largest absolute Gasteiger partial charge is 0.444 e. The van der Waals surface area contributed by atoms with E-state index in [1.54, 1.807) is 25.7 Å². The van der Waals surface area contributed by atoms with Gasteiger partial charge in [0, 0.05) is 18.5 Å². The zero-order valence-electron chi connectivity index (χ0n) is 24.5. The monoisotopic (exact) mass is 523 g/mol. The maximum absolute atomic E-state index is 14.3. The summed E-state index contributed by atoms with van der Waals surface area (Å²) in [4.78, 5) is 42.5. The molecule has 0 fully saturated rings. The van der Waals surface area contributed by atoms with Crippen LogP contribution in [0.2, 0.25) is 0 Å². The van der Waals surface area contributed by atoms with Crippen LogP contribution in [0, 0.1) is 13.8 Å². The zero-order chi connectivity index (χ0) is 28.7. The normalized spacial score (nSPS) is 13.3. The summed E-state index contributed by atoms with van der Waals surface area (Å²) in [5.41, 5.74) is 2.43. The molecule has 2 rings (SSSR count). The minimum Gasteiger partial charge on any atom is -0.444 e. The van der Waals surface area contributed by atoms with Crippen molar-refractivity contribution in [3.05, 3.63) is 70.8 Å². The van der Waals surface area contributed by atoms with Crippen LogP contribution in [0.4, 0.5) is 4.79 Å². The fourth-order valence-corrected chi connectivity index (χ4v) is 4.27. The van der Waals surface area contributed by atoms with E-state index in [0.717, 1.165) is 22.3 Å². The Morgan fingerprint density at radius 2 is 1.55 bits per heavy atom. The third-order valence-electron chi connectivity index (χ3n) is 6.02. The number of alkyl carbamates (subject to hydrolysis) is 1. The maximum Gasteiger partial charge on any atom is 0.408 e. The van der Waals surface area contributed by atoms with Gasteiger partial charge in [-0.05, 0) is 84.1 Å². The number of nitrogens with one attached hydrogen (secondary N) is 2. The highest BCUT2D eigenvalue weighted by Crippen LogP contribution is 2.28. The first kappa shape index (κ1) is 30.9. The quantitative estimate of drug-likeness (QED) is 0.446. The molecule has 0 heterocycles. The first-order valence-corrected chi connectivity index (χ1v) is 13.3. The Labute approximate surface area is 228 Å². The molecule has 2 atom stereocenters. The number of ether oxygens (including phenoxy) is 1. The molecule has 0 radical (unpaired) electrons. The van der Waals surface area contributed by atoms with Crippen LogP contribution in [0.1, 0.15) is 83.2 Å². The number of hydrogen-bond acceptors (Lipinski definition) is 4. The Kier molecular flexibility index (Phi) is 10.5. The van der Waals surface area contributed by atoms with Crippen LogP contribution in [0.15, 0.2) is 48.5 Å². The van der Waals surface area contributed by atoms with E-state index in [2.05, 4.69) is 10.6 Å². The molecule has 0 saturated carbocycles. The second-order valence-corrected chi connectivity index (χ2v) is 11.9. The zero-order valence-corrected chi connectivity index (χ0v) is 24.5. The highest BCUT2D eigenvalue weighted by Gasteiger charge is 2.37. The molecule has 7 nitrogen and oxygen atoms in total. The van der Waals surface area contributed by atoms with Gasteiger partial charge in [0.15, 0.2) is 0 Å². The van der Waals surface area contributed by atoms with Gasteiger partial charge in [0.2, 0.25) is 11.8 Å². The first-order chi connectivity index (χ1) is 17.6. The molecule has 0 saturated heterocycles. The van der Waals surface area contributed by atoms with E-state index in [1.165, 1.54) is 0 Å². The van der Waals surface area contributed by atoms with Crippen molar-refractivity contribution in [2.75, 3.05) is 6.54 Å². The number of rotatable bonds is 9. The van der Waals surface area contributed by atoms with Crippen LogP contribution < -0.4 is 10.6 Å². The van der Waals surface area contributed by atoms with Gasteiger partial charge in [-0.2, -0.15) is 0 Å². The number of carbonyl (C=O) groups is 3. The van der Waals surface area contributed by atoms with Crippen LogP contribution in [-0.2, 0) is 20.7 Å². The SMILES string of the molecule is CCCN(C(=O)C(Cc1ccccc1)NC(=O)OC(C)(C)C)C(C(=O)NC(C)(C)C)c1cccc(C)c1C. The van der Waals surface area contributed by atoms with Crippen LogP contribution in [-0.4, -0.2) is 46.5 Å². The van der Waals surface area contributed by atoms with Gasteiger partial charge in [-0.1, -0.05) is 55.5 Å². The minimum absolute atomic E-state index is 0.260. The molecule has 3 amide bonds. The lowest BCUT2D eigenvalue weighted by atomic mass is 9.93. The predicted molar refractivity (Wildman–Crippen MR) is 152 cm³/mol. The number of hydrogen-bond donors (Lipinski definition) is 2. The summed E-state index contributed by atoms with van der Waals surface area (Å²) >= 11 is 0. The summed E-state index contributed by atoms with van der Waals surface area (Å²) in [5.74, 6) is -0.597. The number of amides is 3. The van der Waals surface area contributed by atoms with Crippen molar-refractivity contribution in [3.63, 3.8) is 0 Å². The lowest BCUT2D eigenvalue weighted by Gasteiger charge is -2.36. The summed E-state index contributed by atoms with van der Waals surface area (Å²) < 4.78 is 5.49. The molecule has 2 N–H and O–H groups in total. The first-order valence-electron chi connectivity index (χ1n) is 13.3. The Bertz CT molecular complexity index is 1100. The number of benzene rings is 2. The van der Waals surface area contributed by atoms with E-state index in [1.807, 2.05) is 90.1 Å². The van der Waals surface area contributed by atoms with E-state index in [-0.39, 0.29) is 18.2 Å². The molecule has 0 aliphatic heterocycles. The molecule has 208 valence electrons. The third kappa shape index (κ3) is 9.19. The molecule has 0 aromatic heterocycles. The molecule has 2 aromatic carbocycles. The van der Waals surface area contributed by atoms with Crippen molar-refractivity contribution in [1.82, 2.24) is 15.5 Å². The smallest absolute Gasteiger partial charge is 0.408 e. The van der Waals surface area contributed by atoms with Gasteiger partial charge in [0.05, 0.1) is 0 Å². The fraction of sp³-hybridized carbons (Fsp3) is 0.516. The van der Waals surface area contributed by atoms with E-state index in [0.29, 0.717) is 13.0 Å². The third-order valence-corrected chi connectivity index (χ3v) is 6.02. The second-order valence-electron chi connectivity index (χ2n) is 11.9. The van der Waals surface area contributed by atoms with E-state index < -0.39 is 29.3 Å². The Hall–Kier alpha value is -3.35. The van der Waals surface area contributed by atoms with Gasteiger partial charge in [0.25, 0.3) is 0 Å². The van der Waals surface area contributed by atoms with Gasteiger partial charge >= 0.3 is 6.09 Å². The van der Waals surface area contributed by atoms with Crippen molar-refractivity contribution in [2.24, 2.45) is 0 Å². The molecule has 0 aliphatic rings. The maximum atomic E-state index is 14.3. The minimum atomic E-state index is -0.922. The Balaban J connectivity index is 2.58. The van der Waals surface area contributed by atoms with Gasteiger partial charge in [-0.3, -0.25) is 9.59 Å². The predicted octanol–water partition coefficient (Wildman–Crippen LogP) is 5.63. The topological polar surface area (TPSA) is 87.7 Å². The molecule has 7 heteroatoms. The molecule has 2 unspecified atom stereocenters. The number of carbonyl (C=O) groups excluding carboxylic acids is 3. The summed E-state index contributed by atoms with van der Waals surface area (Å²) in [5, 5.41) is 5.87. The Morgan fingerprint density at radius 3 is 2.11 bits per heavy atom. The fourth-order valence-electron chi connectivity index (χ4n) is 4.27. The van der Waals surface area contributed by atoms with Gasteiger partial charge in [0.1, 0.15) is 17.7 Å². The van der Waals surface area contributed by atoms with Gasteiger partial charge in [-0.25, -0.2) is 4.79 Å². The summed E-state index contributed by atoms with van der Waals surface area (Å²) in [7, 11) is 0. The number of aryl methyl sites for hydroxylation is 1. The highest BCUT2D eigenvalue weighted by molar-refractivity contribution is 5.92. The second kappa shape index (κ2) is 12.9. The molecule has 0 spiro atoms. The molecule has 0 aliphatic carbocycles.